The Balaban J connectivity index is 1.54. The van der Waals surface area contributed by atoms with Gasteiger partial charge in [0.1, 0.15) is 0 Å². The van der Waals surface area contributed by atoms with E-state index in [2.05, 4.69) is 24.2 Å². The molecule has 114 valence electrons. The van der Waals surface area contributed by atoms with E-state index in [4.69, 9.17) is 0 Å². The zero-order valence-electron chi connectivity index (χ0n) is 13.0. The van der Waals surface area contributed by atoms with Crippen LogP contribution in [0, 0.1) is 5.92 Å². The first-order valence-corrected chi connectivity index (χ1v) is 8.41. The number of likely N-dealkylation sites (tertiary alicyclic amines) is 1. The molecular weight excluding hydrogens is 250 g/mol. The van der Waals surface area contributed by atoms with Crippen LogP contribution in [0.1, 0.15) is 51.9 Å². The molecule has 0 radical (unpaired) electrons. The van der Waals surface area contributed by atoms with Crippen LogP contribution in [-0.4, -0.2) is 54.1 Å². The van der Waals surface area contributed by atoms with Crippen LogP contribution in [0.5, 0.6) is 0 Å². The fourth-order valence-electron chi connectivity index (χ4n) is 4.37. The number of rotatable bonds is 1. The summed E-state index contributed by atoms with van der Waals surface area (Å²) in [5.41, 5.74) is 0. The fraction of sp³-hybridized carbons (Fsp3) is 0.938. The van der Waals surface area contributed by atoms with Crippen LogP contribution < -0.4 is 5.32 Å². The lowest BCUT2D eigenvalue weighted by molar-refractivity contribution is 0.0488. The van der Waals surface area contributed by atoms with Crippen LogP contribution in [0.15, 0.2) is 0 Å². The summed E-state index contributed by atoms with van der Waals surface area (Å²) >= 11 is 0. The van der Waals surface area contributed by atoms with Gasteiger partial charge in [-0.1, -0.05) is 13.3 Å². The second-order valence-corrected chi connectivity index (χ2v) is 7.22. The maximum Gasteiger partial charge on any atom is 0.317 e. The minimum absolute atomic E-state index is 0.184. The third-order valence-corrected chi connectivity index (χ3v) is 5.61. The summed E-state index contributed by atoms with van der Waals surface area (Å²) in [6.45, 7) is 4.13. The number of amides is 2. The summed E-state index contributed by atoms with van der Waals surface area (Å²) in [6.07, 6.45) is 8.68. The number of carbonyl (C=O) groups excluding carboxylic acids is 1. The lowest BCUT2D eigenvalue weighted by Gasteiger charge is -2.47. The van der Waals surface area contributed by atoms with Gasteiger partial charge in [-0.3, -0.25) is 0 Å². The molecule has 3 heterocycles. The Bertz CT molecular complexity index is 346. The molecule has 0 aliphatic carbocycles. The largest absolute Gasteiger partial charge is 0.335 e. The van der Waals surface area contributed by atoms with E-state index in [-0.39, 0.29) is 6.03 Å². The first-order chi connectivity index (χ1) is 9.63. The molecule has 2 bridgehead atoms. The molecule has 3 unspecified atom stereocenters. The summed E-state index contributed by atoms with van der Waals surface area (Å²) in [5.74, 6) is 0.659. The number of hydrogen-bond acceptors (Lipinski definition) is 2. The molecule has 0 aromatic carbocycles. The Morgan fingerprint density at radius 1 is 1.10 bits per heavy atom. The molecule has 2 amide bonds. The molecule has 0 aromatic heterocycles. The Kier molecular flexibility index (Phi) is 4.20. The minimum atomic E-state index is 0.184. The van der Waals surface area contributed by atoms with Gasteiger partial charge in [-0.15, -0.1) is 0 Å². The van der Waals surface area contributed by atoms with Crippen molar-refractivity contribution >= 4 is 6.03 Å². The molecule has 0 aromatic rings. The molecule has 3 atom stereocenters. The maximum atomic E-state index is 12.4. The number of nitrogens with zero attached hydrogens (tertiary/aromatic N) is 2. The summed E-state index contributed by atoms with van der Waals surface area (Å²) < 4.78 is 0. The SMILES string of the molecule is CC1CCCN(C(=O)NC2CC3CCCC(C2)N3C)C1. The number of nitrogens with one attached hydrogen (secondary N) is 1. The van der Waals surface area contributed by atoms with Gasteiger partial charge in [-0.25, -0.2) is 4.79 Å². The van der Waals surface area contributed by atoms with Gasteiger partial charge < -0.3 is 15.1 Å². The molecule has 3 aliphatic heterocycles. The van der Waals surface area contributed by atoms with Crippen LogP contribution in [0.25, 0.3) is 0 Å². The second kappa shape index (κ2) is 5.92. The van der Waals surface area contributed by atoms with Crippen molar-refractivity contribution < 1.29 is 4.79 Å². The lowest BCUT2D eigenvalue weighted by Crippen LogP contribution is -2.57. The highest BCUT2D eigenvalue weighted by molar-refractivity contribution is 5.74. The molecule has 3 fully saturated rings. The van der Waals surface area contributed by atoms with Crippen molar-refractivity contribution in [2.75, 3.05) is 20.1 Å². The molecule has 1 N–H and O–H groups in total. The predicted octanol–water partition coefficient (Wildman–Crippen LogP) is 2.44. The number of fused-ring (bicyclic) bond motifs is 2. The standard InChI is InChI=1S/C16H29N3O/c1-12-5-4-8-19(11-12)16(20)17-13-9-14-6-3-7-15(10-13)18(14)2/h12-15H,3-11H2,1-2H3,(H,17,20). The molecule has 0 saturated carbocycles. The van der Waals surface area contributed by atoms with E-state index in [0.29, 0.717) is 24.0 Å². The van der Waals surface area contributed by atoms with Crippen LogP contribution in [0.4, 0.5) is 4.79 Å². The Labute approximate surface area is 122 Å². The van der Waals surface area contributed by atoms with Crippen LogP contribution in [0.3, 0.4) is 0 Å². The summed E-state index contributed by atoms with van der Waals surface area (Å²) in [7, 11) is 2.26. The van der Waals surface area contributed by atoms with Crippen LogP contribution in [0.2, 0.25) is 0 Å². The van der Waals surface area contributed by atoms with E-state index in [9.17, 15) is 4.79 Å². The van der Waals surface area contributed by atoms with Crippen molar-refractivity contribution in [2.24, 2.45) is 5.92 Å². The Morgan fingerprint density at radius 2 is 1.80 bits per heavy atom. The minimum Gasteiger partial charge on any atom is -0.335 e. The van der Waals surface area contributed by atoms with Crippen molar-refractivity contribution in [2.45, 2.75) is 70.0 Å². The van der Waals surface area contributed by atoms with Crippen LogP contribution in [-0.2, 0) is 0 Å². The van der Waals surface area contributed by atoms with Crippen LogP contribution >= 0.6 is 0 Å². The monoisotopic (exact) mass is 279 g/mol. The van der Waals surface area contributed by atoms with Crippen molar-refractivity contribution in [3.8, 4) is 0 Å². The molecule has 3 saturated heterocycles. The van der Waals surface area contributed by atoms with Crippen molar-refractivity contribution in [3.63, 3.8) is 0 Å². The molecule has 4 heteroatoms. The predicted molar refractivity (Wildman–Crippen MR) is 80.7 cm³/mol. The highest BCUT2D eigenvalue weighted by atomic mass is 16.2. The Morgan fingerprint density at radius 3 is 2.45 bits per heavy atom. The highest BCUT2D eigenvalue weighted by Gasteiger charge is 2.37. The quantitative estimate of drug-likeness (QED) is 0.800. The zero-order valence-corrected chi connectivity index (χ0v) is 13.0. The van der Waals surface area contributed by atoms with Gasteiger partial charge in [0.25, 0.3) is 0 Å². The third-order valence-electron chi connectivity index (χ3n) is 5.61. The summed E-state index contributed by atoms with van der Waals surface area (Å²) in [6, 6.07) is 1.96. The topological polar surface area (TPSA) is 35.6 Å². The summed E-state index contributed by atoms with van der Waals surface area (Å²) in [4.78, 5) is 17.0. The van der Waals surface area contributed by atoms with Gasteiger partial charge in [-0.05, 0) is 51.5 Å². The summed E-state index contributed by atoms with van der Waals surface area (Å²) in [5, 5.41) is 3.32. The molecule has 3 aliphatic rings. The average molecular weight is 279 g/mol. The average Bonchev–Trinajstić information content (AvgIpc) is 2.40. The van der Waals surface area contributed by atoms with E-state index in [1.165, 1.54) is 25.7 Å². The normalized spacial score (nSPS) is 38.6. The second-order valence-electron chi connectivity index (χ2n) is 7.22. The maximum absolute atomic E-state index is 12.4. The number of hydrogen-bond donors (Lipinski definition) is 1. The zero-order chi connectivity index (χ0) is 14.1. The highest BCUT2D eigenvalue weighted by Crippen LogP contribution is 2.32. The lowest BCUT2D eigenvalue weighted by atomic mass is 9.82. The van der Waals surface area contributed by atoms with E-state index in [1.807, 2.05) is 4.90 Å². The van der Waals surface area contributed by atoms with Gasteiger partial charge in [0, 0.05) is 31.2 Å². The van der Waals surface area contributed by atoms with Gasteiger partial charge in [0.05, 0.1) is 0 Å². The first-order valence-electron chi connectivity index (χ1n) is 8.41. The van der Waals surface area contributed by atoms with E-state index >= 15 is 0 Å². The molecule has 3 rings (SSSR count). The number of urea groups is 1. The molecular formula is C16H29N3O. The van der Waals surface area contributed by atoms with E-state index in [1.54, 1.807) is 0 Å². The molecule has 20 heavy (non-hydrogen) atoms. The van der Waals surface area contributed by atoms with Crippen molar-refractivity contribution in [1.29, 1.82) is 0 Å². The third kappa shape index (κ3) is 2.95. The fourth-order valence-corrected chi connectivity index (χ4v) is 4.37. The van der Waals surface area contributed by atoms with E-state index in [0.717, 1.165) is 32.4 Å². The molecule has 0 spiro atoms. The van der Waals surface area contributed by atoms with E-state index < -0.39 is 0 Å². The van der Waals surface area contributed by atoms with Gasteiger partial charge in [0.2, 0.25) is 0 Å². The Hall–Kier alpha value is -0.770. The smallest absolute Gasteiger partial charge is 0.317 e. The van der Waals surface area contributed by atoms with Gasteiger partial charge >= 0.3 is 6.03 Å². The van der Waals surface area contributed by atoms with Gasteiger partial charge in [-0.2, -0.15) is 0 Å². The first kappa shape index (κ1) is 14.2. The number of piperidine rings is 3. The number of carbonyl (C=O) groups is 1. The van der Waals surface area contributed by atoms with Crippen molar-refractivity contribution in [3.05, 3.63) is 0 Å². The van der Waals surface area contributed by atoms with Crippen molar-refractivity contribution in [1.82, 2.24) is 15.1 Å². The van der Waals surface area contributed by atoms with Gasteiger partial charge in [0.15, 0.2) is 0 Å². The molecule has 4 nitrogen and oxygen atoms in total.